The number of nitrogens with one attached hydrogen (secondary N) is 2. The van der Waals surface area contributed by atoms with Crippen LogP contribution in [0.2, 0.25) is 0 Å². The third kappa shape index (κ3) is 3.54. The van der Waals surface area contributed by atoms with E-state index < -0.39 is 0 Å². The van der Waals surface area contributed by atoms with Gasteiger partial charge in [0.25, 0.3) is 0 Å². The summed E-state index contributed by atoms with van der Waals surface area (Å²) in [7, 11) is 0. The molecule has 0 amide bonds. The quantitative estimate of drug-likeness (QED) is 0.595. The molecule has 1 fully saturated rings. The van der Waals surface area contributed by atoms with Gasteiger partial charge in [-0.3, -0.25) is 0 Å². The number of hydrogen-bond donors (Lipinski definition) is 3. The van der Waals surface area contributed by atoms with Crippen molar-refractivity contribution < 1.29 is 9.84 Å². The van der Waals surface area contributed by atoms with E-state index in [2.05, 4.69) is 40.8 Å². The van der Waals surface area contributed by atoms with Crippen molar-refractivity contribution in [3.8, 4) is 5.75 Å². The van der Waals surface area contributed by atoms with Gasteiger partial charge in [-0.15, -0.1) is 10.2 Å². The zero-order valence-corrected chi connectivity index (χ0v) is 14.1. The summed E-state index contributed by atoms with van der Waals surface area (Å²) in [5.74, 6) is 2.04. The van der Waals surface area contributed by atoms with Crippen LogP contribution in [0.25, 0.3) is 0 Å². The lowest BCUT2D eigenvalue weighted by Gasteiger charge is -2.32. The number of H-pyrrole nitrogens is 1. The van der Waals surface area contributed by atoms with E-state index in [1.807, 2.05) is 13.0 Å². The Morgan fingerprint density at radius 2 is 2.12 bits per heavy atom. The van der Waals surface area contributed by atoms with Crippen molar-refractivity contribution in [1.82, 2.24) is 30.6 Å². The second kappa shape index (κ2) is 6.92. The predicted molar refractivity (Wildman–Crippen MR) is 93.2 cm³/mol. The number of rotatable bonds is 4. The normalized spacial score (nSPS) is 17.3. The molecule has 1 aliphatic rings. The van der Waals surface area contributed by atoms with E-state index in [9.17, 15) is 5.11 Å². The Bertz CT molecular complexity index is 868. The summed E-state index contributed by atoms with van der Waals surface area (Å²) >= 11 is 0. The first kappa shape index (κ1) is 16.2. The van der Waals surface area contributed by atoms with Crippen LogP contribution < -0.4 is 10.2 Å². The topological polar surface area (TPSA) is 125 Å². The van der Waals surface area contributed by atoms with E-state index in [0.717, 1.165) is 17.2 Å². The van der Waals surface area contributed by atoms with Gasteiger partial charge in [0.2, 0.25) is 11.8 Å². The molecule has 134 valence electrons. The predicted octanol–water partition coefficient (Wildman–Crippen LogP) is 1.33. The molecular weight excluding hydrogens is 336 g/mol. The van der Waals surface area contributed by atoms with Gasteiger partial charge < -0.3 is 20.1 Å². The average Bonchev–Trinajstić information content (AvgIpc) is 3.18. The minimum atomic E-state index is -0.258. The first-order chi connectivity index (χ1) is 12.7. The molecule has 3 N–H and O–H groups in total. The van der Waals surface area contributed by atoms with Crippen molar-refractivity contribution in [1.29, 1.82) is 0 Å². The molecule has 1 saturated heterocycles. The molecule has 2 aromatic heterocycles. The number of aryl methyl sites for hydroxylation is 1. The Balaban J connectivity index is 1.54. The van der Waals surface area contributed by atoms with Gasteiger partial charge in [0.1, 0.15) is 17.7 Å². The number of phenols is 1. The standard InChI is InChI=1S/C16H18N8O2/c1-10-8-14(19-16(17-10)18-11-2-4-12(25)5-3-11)24-6-7-26-13(9-24)15-20-22-23-21-15/h2-5,8,13,25H,6-7,9H2,1H3,(H,17,18,19)(H,20,21,22,23). The van der Waals surface area contributed by atoms with Gasteiger partial charge in [-0.2, -0.15) is 10.2 Å². The number of benzene rings is 1. The van der Waals surface area contributed by atoms with Gasteiger partial charge in [-0.05, 0) is 31.2 Å². The van der Waals surface area contributed by atoms with Gasteiger partial charge in [-0.25, -0.2) is 4.98 Å². The minimum Gasteiger partial charge on any atom is -0.508 e. The molecule has 10 nitrogen and oxygen atoms in total. The molecule has 0 saturated carbocycles. The van der Waals surface area contributed by atoms with Gasteiger partial charge in [0.05, 0.1) is 13.2 Å². The molecule has 1 aliphatic heterocycles. The second-order valence-electron chi connectivity index (χ2n) is 5.94. The third-order valence-corrected chi connectivity index (χ3v) is 4.00. The molecule has 10 heteroatoms. The highest BCUT2D eigenvalue weighted by molar-refractivity contribution is 5.56. The molecule has 0 aliphatic carbocycles. The number of hydrogen-bond acceptors (Lipinski definition) is 9. The lowest BCUT2D eigenvalue weighted by Crippen LogP contribution is -2.39. The van der Waals surface area contributed by atoms with Crippen molar-refractivity contribution in [3.05, 3.63) is 41.9 Å². The van der Waals surface area contributed by atoms with E-state index >= 15 is 0 Å². The summed E-state index contributed by atoms with van der Waals surface area (Å²) in [5, 5.41) is 26.6. The van der Waals surface area contributed by atoms with Crippen molar-refractivity contribution in [2.45, 2.75) is 13.0 Å². The summed E-state index contributed by atoms with van der Waals surface area (Å²) < 4.78 is 5.73. The number of nitrogens with zero attached hydrogens (tertiary/aromatic N) is 6. The van der Waals surface area contributed by atoms with Gasteiger partial charge in [0, 0.05) is 24.0 Å². The fourth-order valence-electron chi connectivity index (χ4n) is 2.76. The number of morpholine rings is 1. The summed E-state index contributed by atoms with van der Waals surface area (Å²) in [4.78, 5) is 11.2. The maximum absolute atomic E-state index is 9.39. The molecule has 1 atom stereocenters. The fraction of sp³-hybridized carbons (Fsp3) is 0.312. The maximum Gasteiger partial charge on any atom is 0.229 e. The summed E-state index contributed by atoms with van der Waals surface area (Å²) in [6.07, 6.45) is -0.258. The van der Waals surface area contributed by atoms with Crippen LogP contribution in [-0.2, 0) is 4.74 Å². The number of aromatic hydroxyl groups is 1. The third-order valence-electron chi connectivity index (χ3n) is 4.00. The largest absolute Gasteiger partial charge is 0.508 e. The molecule has 26 heavy (non-hydrogen) atoms. The summed E-state index contributed by atoms with van der Waals surface area (Å²) in [6, 6.07) is 8.68. The molecule has 3 heterocycles. The van der Waals surface area contributed by atoms with Crippen molar-refractivity contribution in [3.63, 3.8) is 0 Å². The molecule has 0 radical (unpaired) electrons. The monoisotopic (exact) mass is 354 g/mol. The van der Waals surface area contributed by atoms with E-state index in [0.29, 0.717) is 31.5 Å². The summed E-state index contributed by atoms with van der Waals surface area (Å²) in [5.41, 5.74) is 1.64. The van der Waals surface area contributed by atoms with Gasteiger partial charge >= 0.3 is 0 Å². The van der Waals surface area contributed by atoms with Gasteiger partial charge in [-0.1, -0.05) is 5.21 Å². The molecule has 4 rings (SSSR count). The number of aromatic nitrogens is 6. The fourth-order valence-corrected chi connectivity index (χ4v) is 2.76. The number of anilines is 3. The first-order valence-corrected chi connectivity index (χ1v) is 8.19. The zero-order chi connectivity index (χ0) is 17.9. The lowest BCUT2D eigenvalue weighted by molar-refractivity contribution is 0.0338. The van der Waals surface area contributed by atoms with Crippen molar-refractivity contribution >= 4 is 17.5 Å². The number of phenolic OH excluding ortho intramolecular Hbond substituents is 1. The highest BCUT2D eigenvalue weighted by Gasteiger charge is 2.26. The highest BCUT2D eigenvalue weighted by Crippen LogP contribution is 2.25. The van der Waals surface area contributed by atoms with Crippen LogP contribution in [-0.4, -0.2) is 55.4 Å². The molecular formula is C16H18N8O2. The van der Waals surface area contributed by atoms with Crippen LogP contribution in [0.5, 0.6) is 5.75 Å². The highest BCUT2D eigenvalue weighted by atomic mass is 16.5. The molecule has 0 spiro atoms. The number of ether oxygens (including phenoxy) is 1. The minimum absolute atomic E-state index is 0.210. The van der Waals surface area contributed by atoms with Gasteiger partial charge in [0.15, 0.2) is 0 Å². The Labute approximate surface area is 149 Å². The number of aromatic amines is 1. The average molecular weight is 354 g/mol. The molecule has 1 aromatic carbocycles. The molecule has 1 unspecified atom stereocenters. The number of tetrazole rings is 1. The second-order valence-corrected chi connectivity index (χ2v) is 5.94. The van der Waals surface area contributed by atoms with Crippen molar-refractivity contribution in [2.75, 3.05) is 29.9 Å². The van der Waals surface area contributed by atoms with Crippen LogP contribution in [0.15, 0.2) is 30.3 Å². The van der Waals surface area contributed by atoms with E-state index in [-0.39, 0.29) is 11.9 Å². The molecule has 0 bridgehead atoms. The van der Waals surface area contributed by atoms with E-state index in [4.69, 9.17) is 4.74 Å². The maximum atomic E-state index is 9.39. The van der Waals surface area contributed by atoms with Crippen LogP contribution in [0.4, 0.5) is 17.5 Å². The molecule has 3 aromatic rings. The van der Waals surface area contributed by atoms with Crippen LogP contribution in [0.3, 0.4) is 0 Å². The van der Waals surface area contributed by atoms with E-state index in [1.165, 1.54) is 0 Å². The van der Waals surface area contributed by atoms with Crippen LogP contribution in [0, 0.1) is 6.92 Å². The van der Waals surface area contributed by atoms with Crippen molar-refractivity contribution in [2.24, 2.45) is 0 Å². The van der Waals surface area contributed by atoms with Crippen LogP contribution >= 0.6 is 0 Å². The Morgan fingerprint density at radius 1 is 1.27 bits per heavy atom. The smallest absolute Gasteiger partial charge is 0.229 e. The Hall–Kier alpha value is -3.27. The first-order valence-electron chi connectivity index (χ1n) is 8.19. The summed E-state index contributed by atoms with van der Waals surface area (Å²) in [6.45, 7) is 3.76. The SMILES string of the molecule is Cc1cc(N2CCOC(c3nn[nH]n3)C2)nc(Nc2ccc(O)cc2)n1. The Kier molecular flexibility index (Phi) is 4.32. The lowest BCUT2D eigenvalue weighted by atomic mass is 10.2. The van der Waals surface area contributed by atoms with E-state index in [1.54, 1.807) is 24.3 Å². The Morgan fingerprint density at radius 3 is 2.88 bits per heavy atom. The van der Waals surface area contributed by atoms with Crippen LogP contribution in [0.1, 0.15) is 17.6 Å². The zero-order valence-electron chi connectivity index (χ0n) is 14.1.